The number of halogens is 2. The lowest BCUT2D eigenvalue weighted by atomic mass is 10.1. The number of hydrogen-bond acceptors (Lipinski definition) is 2. The van der Waals surface area contributed by atoms with E-state index in [2.05, 4.69) is 10.6 Å². The average Bonchev–Trinajstić information content (AvgIpc) is 2.30. The quantitative estimate of drug-likeness (QED) is 0.782. The average molecular weight is 275 g/mol. The van der Waals surface area contributed by atoms with Crippen LogP contribution in [0.1, 0.15) is 12.5 Å². The molecule has 3 nitrogen and oxygen atoms in total. The van der Waals surface area contributed by atoms with E-state index in [-0.39, 0.29) is 5.91 Å². The Labute approximate surface area is 111 Å². The third-order valence-electron chi connectivity index (χ3n) is 2.22. The SMILES string of the molecule is CCNCCNC(=O)Cc1ccc(Cl)c(Cl)c1. The molecule has 1 aromatic rings. The van der Waals surface area contributed by atoms with Crippen LogP contribution in [-0.4, -0.2) is 25.5 Å². The molecule has 0 saturated carbocycles. The van der Waals surface area contributed by atoms with Gasteiger partial charge in [-0.15, -0.1) is 0 Å². The highest BCUT2D eigenvalue weighted by Crippen LogP contribution is 2.22. The molecule has 0 aliphatic rings. The van der Waals surface area contributed by atoms with Gasteiger partial charge in [-0.05, 0) is 24.2 Å². The molecule has 0 fully saturated rings. The van der Waals surface area contributed by atoms with Crippen LogP contribution in [0.2, 0.25) is 10.0 Å². The maximum Gasteiger partial charge on any atom is 0.224 e. The minimum absolute atomic E-state index is 0.0127. The highest BCUT2D eigenvalue weighted by molar-refractivity contribution is 6.42. The van der Waals surface area contributed by atoms with Crippen molar-refractivity contribution in [1.29, 1.82) is 0 Å². The van der Waals surface area contributed by atoms with Gasteiger partial charge < -0.3 is 10.6 Å². The van der Waals surface area contributed by atoms with Gasteiger partial charge in [0.15, 0.2) is 0 Å². The highest BCUT2D eigenvalue weighted by atomic mass is 35.5. The van der Waals surface area contributed by atoms with Crippen LogP contribution in [0.25, 0.3) is 0 Å². The van der Waals surface area contributed by atoms with E-state index in [1.54, 1.807) is 18.2 Å². The van der Waals surface area contributed by atoms with Crippen molar-refractivity contribution in [3.63, 3.8) is 0 Å². The van der Waals surface area contributed by atoms with Gasteiger partial charge in [0.25, 0.3) is 0 Å². The molecule has 0 spiro atoms. The molecular weight excluding hydrogens is 259 g/mol. The zero-order valence-corrected chi connectivity index (χ0v) is 11.2. The lowest BCUT2D eigenvalue weighted by Gasteiger charge is -2.06. The van der Waals surface area contributed by atoms with E-state index in [4.69, 9.17) is 23.2 Å². The van der Waals surface area contributed by atoms with E-state index in [1.807, 2.05) is 6.92 Å². The van der Waals surface area contributed by atoms with E-state index >= 15 is 0 Å². The second-order valence-corrected chi connectivity index (χ2v) is 4.44. The maximum absolute atomic E-state index is 11.6. The first-order valence-electron chi connectivity index (χ1n) is 5.54. The largest absolute Gasteiger partial charge is 0.355 e. The Balaban J connectivity index is 2.37. The second kappa shape index (κ2) is 7.54. The van der Waals surface area contributed by atoms with E-state index in [0.29, 0.717) is 23.0 Å². The number of hydrogen-bond donors (Lipinski definition) is 2. The Morgan fingerprint density at radius 2 is 2.00 bits per heavy atom. The van der Waals surface area contributed by atoms with Crippen molar-refractivity contribution in [2.45, 2.75) is 13.3 Å². The molecule has 0 heterocycles. The summed E-state index contributed by atoms with van der Waals surface area (Å²) in [5.41, 5.74) is 0.861. The van der Waals surface area contributed by atoms with Gasteiger partial charge >= 0.3 is 0 Å². The molecule has 94 valence electrons. The number of carbonyl (C=O) groups is 1. The fourth-order valence-electron chi connectivity index (χ4n) is 1.36. The van der Waals surface area contributed by atoms with Gasteiger partial charge in [-0.2, -0.15) is 0 Å². The van der Waals surface area contributed by atoms with Crippen LogP contribution in [-0.2, 0) is 11.2 Å². The second-order valence-electron chi connectivity index (χ2n) is 3.63. The summed E-state index contributed by atoms with van der Waals surface area (Å²) in [6, 6.07) is 5.22. The molecule has 0 aromatic heterocycles. The summed E-state index contributed by atoms with van der Waals surface area (Å²) in [5.74, 6) is -0.0127. The topological polar surface area (TPSA) is 41.1 Å². The molecule has 1 amide bonds. The summed E-state index contributed by atoms with van der Waals surface area (Å²) < 4.78 is 0. The maximum atomic E-state index is 11.6. The molecule has 0 bridgehead atoms. The van der Waals surface area contributed by atoms with Crippen LogP contribution in [0.3, 0.4) is 0 Å². The predicted octanol–water partition coefficient (Wildman–Crippen LogP) is 2.26. The molecule has 0 aliphatic heterocycles. The van der Waals surface area contributed by atoms with Crippen LogP contribution in [0.5, 0.6) is 0 Å². The Kier molecular flexibility index (Phi) is 6.34. The van der Waals surface area contributed by atoms with Gasteiger partial charge in [0, 0.05) is 13.1 Å². The third kappa shape index (κ3) is 5.39. The Morgan fingerprint density at radius 1 is 1.24 bits per heavy atom. The number of likely N-dealkylation sites (N-methyl/N-ethyl adjacent to an activating group) is 1. The van der Waals surface area contributed by atoms with Crippen molar-refractivity contribution in [2.75, 3.05) is 19.6 Å². The molecule has 5 heteroatoms. The number of rotatable bonds is 6. The first-order valence-corrected chi connectivity index (χ1v) is 6.30. The Bertz CT molecular complexity index is 383. The zero-order chi connectivity index (χ0) is 12.7. The number of nitrogens with one attached hydrogen (secondary N) is 2. The first-order chi connectivity index (χ1) is 8.13. The van der Waals surface area contributed by atoms with Gasteiger partial charge in [0.1, 0.15) is 0 Å². The molecule has 17 heavy (non-hydrogen) atoms. The molecule has 0 aliphatic carbocycles. The predicted molar refractivity (Wildman–Crippen MR) is 71.7 cm³/mol. The molecule has 1 rings (SSSR count). The van der Waals surface area contributed by atoms with Crippen molar-refractivity contribution in [2.24, 2.45) is 0 Å². The van der Waals surface area contributed by atoms with Crippen LogP contribution < -0.4 is 10.6 Å². The Hall–Kier alpha value is -0.770. The molecule has 0 atom stereocenters. The smallest absolute Gasteiger partial charge is 0.224 e. The van der Waals surface area contributed by atoms with Gasteiger partial charge in [-0.3, -0.25) is 4.79 Å². The van der Waals surface area contributed by atoms with Crippen molar-refractivity contribution < 1.29 is 4.79 Å². The molecule has 1 aromatic carbocycles. The van der Waals surface area contributed by atoms with Crippen LogP contribution in [0.4, 0.5) is 0 Å². The summed E-state index contributed by atoms with van der Waals surface area (Å²) >= 11 is 11.7. The number of carbonyl (C=O) groups excluding carboxylic acids is 1. The minimum Gasteiger partial charge on any atom is -0.355 e. The van der Waals surface area contributed by atoms with Crippen molar-refractivity contribution >= 4 is 29.1 Å². The standard InChI is InChI=1S/C12H16Cl2N2O/c1-2-15-5-6-16-12(17)8-9-3-4-10(13)11(14)7-9/h3-4,7,15H,2,5-6,8H2,1H3,(H,16,17). The lowest BCUT2D eigenvalue weighted by Crippen LogP contribution is -2.32. The Morgan fingerprint density at radius 3 is 2.65 bits per heavy atom. The lowest BCUT2D eigenvalue weighted by molar-refractivity contribution is -0.120. The molecule has 0 unspecified atom stereocenters. The summed E-state index contributed by atoms with van der Waals surface area (Å²) in [6.07, 6.45) is 0.322. The molecule has 2 N–H and O–H groups in total. The summed E-state index contributed by atoms with van der Waals surface area (Å²) in [4.78, 5) is 11.6. The van der Waals surface area contributed by atoms with Crippen LogP contribution in [0.15, 0.2) is 18.2 Å². The van der Waals surface area contributed by atoms with Crippen LogP contribution in [0, 0.1) is 0 Å². The van der Waals surface area contributed by atoms with Crippen molar-refractivity contribution in [1.82, 2.24) is 10.6 Å². The summed E-state index contributed by atoms with van der Waals surface area (Å²) in [7, 11) is 0. The first kappa shape index (κ1) is 14.3. The molecular formula is C12H16Cl2N2O. The van der Waals surface area contributed by atoms with E-state index in [1.165, 1.54) is 0 Å². The van der Waals surface area contributed by atoms with E-state index in [9.17, 15) is 4.79 Å². The van der Waals surface area contributed by atoms with Crippen molar-refractivity contribution in [3.8, 4) is 0 Å². The fourth-order valence-corrected chi connectivity index (χ4v) is 1.69. The zero-order valence-electron chi connectivity index (χ0n) is 9.72. The fraction of sp³-hybridized carbons (Fsp3) is 0.417. The van der Waals surface area contributed by atoms with E-state index in [0.717, 1.165) is 18.7 Å². The molecule has 0 saturated heterocycles. The third-order valence-corrected chi connectivity index (χ3v) is 2.96. The number of benzene rings is 1. The summed E-state index contributed by atoms with van der Waals surface area (Å²) in [5, 5.41) is 6.93. The highest BCUT2D eigenvalue weighted by Gasteiger charge is 2.04. The normalized spacial score (nSPS) is 10.3. The van der Waals surface area contributed by atoms with Gasteiger partial charge in [-0.25, -0.2) is 0 Å². The minimum atomic E-state index is -0.0127. The van der Waals surface area contributed by atoms with E-state index < -0.39 is 0 Å². The molecule has 0 radical (unpaired) electrons. The summed E-state index contributed by atoms with van der Waals surface area (Å²) in [6.45, 7) is 4.35. The van der Waals surface area contributed by atoms with Gasteiger partial charge in [-0.1, -0.05) is 36.2 Å². The van der Waals surface area contributed by atoms with Gasteiger partial charge in [0.05, 0.1) is 16.5 Å². The van der Waals surface area contributed by atoms with Crippen molar-refractivity contribution in [3.05, 3.63) is 33.8 Å². The van der Waals surface area contributed by atoms with Crippen LogP contribution >= 0.6 is 23.2 Å². The van der Waals surface area contributed by atoms with Gasteiger partial charge in [0.2, 0.25) is 5.91 Å². The monoisotopic (exact) mass is 274 g/mol. The number of amides is 1.